The summed E-state index contributed by atoms with van der Waals surface area (Å²) in [7, 11) is 0. The molecule has 1 unspecified atom stereocenters. The molecular formula is C29H36N2O5. The van der Waals surface area contributed by atoms with Gasteiger partial charge in [0.25, 0.3) is 11.7 Å². The molecule has 0 aromatic heterocycles. The number of morpholine rings is 1. The first kappa shape index (κ1) is 25.9. The Morgan fingerprint density at radius 2 is 1.69 bits per heavy atom. The Labute approximate surface area is 213 Å². The summed E-state index contributed by atoms with van der Waals surface area (Å²) in [6, 6.07) is 14.1. The third-order valence-electron chi connectivity index (χ3n) is 6.62. The van der Waals surface area contributed by atoms with Crippen molar-refractivity contribution >= 4 is 17.4 Å². The Kier molecular flexibility index (Phi) is 8.44. The van der Waals surface area contributed by atoms with Crippen LogP contribution in [0.1, 0.15) is 43.0 Å². The van der Waals surface area contributed by atoms with E-state index >= 15 is 0 Å². The van der Waals surface area contributed by atoms with E-state index in [1.165, 1.54) is 0 Å². The van der Waals surface area contributed by atoms with Gasteiger partial charge in [0.05, 0.1) is 31.4 Å². The minimum Gasteiger partial charge on any atom is -0.507 e. The Balaban J connectivity index is 1.61. The highest BCUT2D eigenvalue weighted by atomic mass is 16.5. The van der Waals surface area contributed by atoms with Crippen molar-refractivity contribution in [1.29, 1.82) is 0 Å². The molecule has 2 fully saturated rings. The molecule has 36 heavy (non-hydrogen) atoms. The first-order chi connectivity index (χ1) is 17.3. The second-order valence-corrected chi connectivity index (χ2v) is 9.94. The van der Waals surface area contributed by atoms with E-state index in [9.17, 15) is 14.7 Å². The Hall–Kier alpha value is -3.16. The predicted molar refractivity (Wildman–Crippen MR) is 139 cm³/mol. The van der Waals surface area contributed by atoms with Gasteiger partial charge in [-0.2, -0.15) is 0 Å². The molecular weight excluding hydrogens is 456 g/mol. The average molecular weight is 493 g/mol. The third-order valence-corrected chi connectivity index (χ3v) is 6.62. The summed E-state index contributed by atoms with van der Waals surface area (Å²) in [6.45, 7) is 11.2. The van der Waals surface area contributed by atoms with Crippen molar-refractivity contribution in [3.05, 3.63) is 70.8 Å². The number of hydrogen-bond donors (Lipinski definition) is 1. The third kappa shape index (κ3) is 5.97. The molecule has 1 N–H and O–H groups in total. The van der Waals surface area contributed by atoms with Gasteiger partial charge in [-0.3, -0.25) is 14.5 Å². The lowest BCUT2D eigenvalue weighted by molar-refractivity contribution is -0.140. The fraction of sp³-hybridized carbons (Fsp3) is 0.448. The molecule has 2 heterocycles. The number of aliphatic hydroxyl groups excluding tert-OH is 1. The van der Waals surface area contributed by atoms with Crippen molar-refractivity contribution in [3.8, 4) is 5.75 Å². The Morgan fingerprint density at radius 3 is 2.33 bits per heavy atom. The maximum absolute atomic E-state index is 13.2. The average Bonchev–Trinajstić information content (AvgIpc) is 3.13. The highest BCUT2D eigenvalue weighted by Crippen LogP contribution is 2.39. The minimum absolute atomic E-state index is 0.131. The van der Waals surface area contributed by atoms with Crippen molar-refractivity contribution in [3.63, 3.8) is 0 Å². The van der Waals surface area contributed by atoms with Crippen LogP contribution < -0.4 is 4.74 Å². The Morgan fingerprint density at radius 1 is 1.03 bits per heavy atom. The van der Waals surface area contributed by atoms with E-state index in [2.05, 4.69) is 18.7 Å². The minimum atomic E-state index is -0.649. The number of rotatable bonds is 9. The van der Waals surface area contributed by atoms with Crippen LogP contribution in [-0.2, 0) is 14.3 Å². The SMILES string of the molecule is Cc1ccc(C2C(=C(O)c3ccc(OCC(C)C)cc3)C(=O)C(=O)N2CCCN2CCOCC2)cc1. The van der Waals surface area contributed by atoms with E-state index in [-0.39, 0.29) is 11.3 Å². The number of aryl methyl sites for hydroxylation is 1. The molecule has 4 rings (SSSR count). The smallest absolute Gasteiger partial charge is 0.295 e. The predicted octanol–water partition coefficient (Wildman–Crippen LogP) is 4.17. The van der Waals surface area contributed by atoms with Gasteiger partial charge in [-0.15, -0.1) is 0 Å². The van der Waals surface area contributed by atoms with Crippen LogP contribution in [0.25, 0.3) is 5.76 Å². The molecule has 7 heteroatoms. The van der Waals surface area contributed by atoms with Crippen molar-refractivity contribution in [2.45, 2.75) is 33.2 Å². The van der Waals surface area contributed by atoms with Gasteiger partial charge in [0.2, 0.25) is 0 Å². The molecule has 1 amide bonds. The van der Waals surface area contributed by atoms with Crippen LogP contribution in [-0.4, -0.2) is 72.6 Å². The number of amides is 1. The van der Waals surface area contributed by atoms with Crippen molar-refractivity contribution in [1.82, 2.24) is 9.80 Å². The zero-order chi connectivity index (χ0) is 25.7. The van der Waals surface area contributed by atoms with E-state index in [1.54, 1.807) is 29.2 Å². The molecule has 1 atom stereocenters. The second-order valence-electron chi connectivity index (χ2n) is 9.94. The van der Waals surface area contributed by atoms with Gasteiger partial charge >= 0.3 is 0 Å². The summed E-state index contributed by atoms with van der Waals surface area (Å²) in [5, 5.41) is 11.3. The van der Waals surface area contributed by atoms with Gasteiger partial charge in [-0.1, -0.05) is 43.7 Å². The van der Waals surface area contributed by atoms with Gasteiger partial charge in [-0.25, -0.2) is 0 Å². The van der Waals surface area contributed by atoms with Crippen molar-refractivity contribution in [2.75, 3.05) is 46.0 Å². The molecule has 2 aromatic carbocycles. The van der Waals surface area contributed by atoms with Gasteiger partial charge in [0.15, 0.2) is 0 Å². The number of carbonyl (C=O) groups is 2. The first-order valence-corrected chi connectivity index (χ1v) is 12.7. The number of nitrogens with zero attached hydrogens (tertiary/aromatic N) is 2. The number of aliphatic hydroxyl groups is 1. The molecule has 0 bridgehead atoms. The monoisotopic (exact) mass is 492 g/mol. The van der Waals surface area contributed by atoms with Gasteiger partial charge in [0.1, 0.15) is 11.5 Å². The lowest BCUT2D eigenvalue weighted by Gasteiger charge is -2.29. The van der Waals surface area contributed by atoms with Crippen molar-refractivity contribution in [2.24, 2.45) is 5.92 Å². The topological polar surface area (TPSA) is 79.3 Å². The maximum atomic E-state index is 13.2. The summed E-state index contributed by atoms with van der Waals surface area (Å²) >= 11 is 0. The van der Waals surface area contributed by atoms with Crippen LogP contribution >= 0.6 is 0 Å². The quantitative estimate of drug-likeness (QED) is 0.322. The summed E-state index contributed by atoms with van der Waals surface area (Å²) in [5.41, 5.74) is 2.51. The molecule has 2 aliphatic heterocycles. The van der Waals surface area contributed by atoms with Crippen LogP contribution in [0.2, 0.25) is 0 Å². The lowest BCUT2D eigenvalue weighted by Crippen LogP contribution is -2.38. The summed E-state index contributed by atoms with van der Waals surface area (Å²) in [4.78, 5) is 30.3. The zero-order valence-corrected chi connectivity index (χ0v) is 21.4. The van der Waals surface area contributed by atoms with Crippen LogP contribution in [0.4, 0.5) is 0 Å². The molecule has 0 radical (unpaired) electrons. The number of carbonyl (C=O) groups excluding carboxylic acids is 2. The highest BCUT2D eigenvalue weighted by Gasteiger charge is 2.45. The summed E-state index contributed by atoms with van der Waals surface area (Å²) in [5.74, 6) is -0.290. The summed E-state index contributed by atoms with van der Waals surface area (Å²) in [6.07, 6.45) is 0.733. The highest BCUT2D eigenvalue weighted by molar-refractivity contribution is 6.46. The van der Waals surface area contributed by atoms with Crippen LogP contribution in [0, 0.1) is 12.8 Å². The zero-order valence-electron chi connectivity index (χ0n) is 21.4. The standard InChI is InChI=1S/C29H36N2O5/c1-20(2)19-36-24-11-9-23(10-12-24)27(32)25-26(22-7-5-21(3)6-8-22)31(29(34)28(25)33)14-4-13-30-15-17-35-18-16-30/h5-12,20,26,32H,4,13-19H2,1-3H3. The second kappa shape index (κ2) is 11.7. The maximum Gasteiger partial charge on any atom is 0.295 e. The lowest BCUT2D eigenvalue weighted by atomic mass is 9.94. The number of hydrogen-bond acceptors (Lipinski definition) is 6. The molecule has 2 saturated heterocycles. The van der Waals surface area contributed by atoms with Crippen LogP contribution in [0.5, 0.6) is 5.75 Å². The van der Waals surface area contributed by atoms with E-state index in [0.717, 1.165) is 50.4 Å². The molecule has 0 saturated carbocycles. The van der Waals surface area contributed by atoms with Crippen LogP contribution in [0.15, 0.2) is 54.1 Å². The van der Waals surface area contributed by atoms with E-state index in [4.69, 9.17) is 9.47 Å². The van der Waals surface area contributed by atoms with E-state index < -0.39 is 17.7 Å². The molecule has 2 aromatic rings. The normalized spacial score (nSPS) is 20.3. The van der Waals surface area contributed by atoms with Crippen molar-refractivity contribution < 1.29 is 24.2 Å². The Bertz CT molecular complexity index is 1090. The number of benzene rings is 2. The molecule has 0 spiro atoms. The van der Waals surface area contributed by atoms with Gasteiger partial charge < -0.3 is 19.5 Å². The van der Waals surface area contributed by atoms with Crippen LogP contribution in [0.3, 0.4) is 0 Å². The molecule has 2 aliphatic rings. The van der Waals surface area contributed by atoms with Gasteiger partial charge in [0, 0.05) is 31.7 Å². The fourth-order valence-electron chi connectivity index (χ4n) is 4.62. The van der Waals surface area contributed by atoms with Gasteiger partial charge in [-0.05, 0) is 49.1 Å². The number of Topliss-reactive ketones (excluding diaryl/α,β-unsaturated/α-hetero) is 1. The largest absolute Gasteiger partial charge is 0.507 e. The van der Waals surface area contributed by atoms with E-state index in [1.807, 2.05) is 31.2 Å². The summed E-state index contributed by atoms with van der Waals surface area (Å²) < 4.78 is 11.2. The fourth-order valence-corrected chi connectivity index (χ4v) is 4.62. The first-order valence-electron chi connectivity index (χ1n) is 12.7. The molecule has 7 nitrogen and oxygen atoms in total. The molecule has 192 valence electrons. The number of ether oxygens (including phenoxy) is 2. The number of ketones is 1. The molecule has 0 aliphatic carbocycles. The van der Waals surface area contributed by atoms with E-state index in [0.29, 0.717) is 30.4 Å². The number of likely N-dealkylation sites (tertiary alicyclic amines) is 1.